The molecule has 144 valence electrons. The first-order valence-electron chi connectivity index (χ1n) is 9.66. The van der Waals surface area contributed by atoms with Gasteiger partial charge in [0.05, 0.1) is 6.61 Å². The standard InChI is InChI=1S/C20H32N4OS/c1-21-19(22-12-13-24(14-15-25-2)17-8-9-17)23-16-20(10-11-20)26-18-6-4-3-5-7-18/h3-7,17H,8-16H2,1-2H3,(H2,21,22,23). The van der Waals surface area contributed by atoms with Crippen molar-refractivity contribution in [2.24, 2.45) is 4.99 Å². The summed E-state index contributed by atoms with van der Waals surface area (Å²) in [5.74, 6) is 0.910. The molecule has 0 amide bonds. The van der Waals surface area contributed by atoms with Crippen LogP contribution in [-0.4, -0.2) is 68.6 Å². The maximum absolute atomic E-state index is 5.23. The van der Waals surface area contributed by atoms with Crippen molar-refractivity contribution >= 4 is 17.7 Å². The number of aliphatic imine (C=N–C) groups is 1. The van der Waals surface area contributed by atoms with Crippen molar-refractivity contribution in [1.82, 2.24) is 15.5 Å². The van der Waals surface area contributed by atoms with E-state index in [0.29, 0.717) is 4.75 Å². The lowest BCUT2D eigenvalue weighted by Crippen LogP contribution is -2.44. The molecule has 0 radical (unpaired) electrons. The van der Waals surface area contributed by atoms with Crippen molar-refractivity contribution in [2.75, 3.05) is 46.9 Å². The third-order valence-electron chi connectivity index (χ3n) is 5.02. The number of nitrogens with zero attached hydrogens (tertiary/aromatic N) is 2. The average molecular weight is 377 g/mol. The molecule has 3 rings (SSSR count). The molecule has 0 heterocycles. The Kier molecular flexibility index (Phi) is 7.23. The van der Waals surface area contributed by atoms with E-state index in [0.717, 1.165) is 44.8 Å². The number of hydrogen-bond donors (Lipinski definition) is 2. The number of thioether (sulfide) groups is 1. The first-order chi connectivity index (χ1) is 12.7. The zero-order chi connectivity index (χ0) is 18.2. The van der Waals surface area contributed by atoms with Gasteiger partial charge in [-0.1, -0.05) is 18.2 Å². The van der Waals surface area contributed by atoms with E-state index in [1.54, 1.807) is 7.11 Å². The molecule has 1 aromatic carbocycles. The summed E-state index contributed by atoms with van der Waals surface area (Å²) in [6, 6.07) is 11.5. The lowest BCUT2D eigenvalue weighted by atomic mass is 10.4. The van der Waals surface area contributed by atoms with Gasteiger partial charge in [-0.3, -0.25) is 9.89 Å². The third-order valence-corrected chi connectivity index (χ3v) is 6.52. The molecule has 26 heavy (non-hydrogen) atoms. The Morgan fingerprint density at radius 3 is 2.62 bits per heavy atom. The summed E-state index contributed by atoms with van der Waals surface area (Å²) in [6.07, 6.45) is 5.19. The quantitative estimate of drug-likeness (QED) is 0.459. The van der Waals surface area contributed by atoms with Gasteiger partial charge in [0.1, 0.15) is 0 Å². The average Bonchev–Trinajstić information content (AvgIpc) is 3.58. The number of nitrogens with one attached hydrogen (secondary N) is 2. The van der Waals surface area contributed by atoms with E-state index < -0.39 is 0 Å². The second kappa shape index (κ2) is 9.62. The minimum Gasteiger partial charge on any atom is -0.383 e. The van der Waals surface area contributed by atoms with E-state index in [4.69, 9.17) is 4.74 Å². The first-order valence-corrected chi connectivity index (χ1v) is 10.5. The molecule has 0 aromatic heterocycles. The van der Waals surface area contributed by atoms with Crippen molar-refractivity contribution in [3.8, 4) is 0 Å². The third kappa shape index (κ3) is 6.18. The summed E-state index contributed by atoms with van der Waals surface area (Å²) in [6.45, 7) is 4.74. The molecule has 2 fully saturated rings. The fourth-order valence-corrected chi connectivity index (χ4v) is 4.35. The van der Waals surface area contributed by atoms with Gasteiger partial charge in [0.15, 0.2) is 5.96 Å². The minimum absolute atomic E-state index is 0.331. The SMILES string of the molecule is CN=C(NCCN(CCOC)C1CC1)NCC1(Sc2ccccc2)CC1. The molecule has 0 saturated heterocycles. The second-order valence-electron chi connectivity index (χ2n) is 7.21. The molecule has 0 atom stereocenters. The van der Waals surface area contributed by atoms with Crippen LogP contribution in [0.4, 0.5) is 0 Å². The van der Waals surface area contributed by atoms with E-state index in [-0.39, 0.29) is 0 Å². The van der Waals surface area contributed by atoms with Crippen LogP contribution in [0.25, 0.3) is 0 Å². The largest absolute Gasteiger partial charge is 0.383 e. The molecule has 5 nitrogen and oxygen atoms in total. The van der Waals surface area contributed by atoms with Crippen molar-refractivity contribution in [1.29, 1.82) is 0 Å². The van der Waals surface area contributed by atoms with Crippen molar-refractivity contribution in [3.05, 3.63) is 30.3 Å². The highest BCUT2D eigenvalue weighted by atomic mass is 32.2. The number of methoxy groups -OCH3 is 1. The van der Waals surface area contributed by atoms with Crippen molar-refractivity contribution in [2.45, 2.75) is 41.4 Å². The smallest absolute Gasteiger partial charge is 0.191 e. The first kappa shape index (κ1) is 19.5. The van der Waals surface area contributed by atoms with Crippen LogP contribution in [-0.2, 0) is 4.74 Å². The van der Waals surface area contributed by atoms with Crippen LogP contribution in [0.5, 0.6) is 0 Å². The zero-order valence-corrected chi connectivity index (χ0v) is 16.9. The Hall–Kier alpha value is -1.24. The fourth-order valence-electron chi connectivity index (χ4n) is 3.10. The van der Waals surface area contributed by atoms with Crippen LogP contribution in [0.2, 0.25) is 0 Å². The number of rotatable bonds is 11. The normalized spacial score (nSPS) is 18.8. The molecule has 0 aliphatic heterocycles. The van der Waals surface area contributed by atoms with Gasteiger partial charge in [-0.2, -0.15) is 0 Å². The topological polar surface area (TPSA) is 48.9 Å². The summed E-state index contributed by atoms with van der Waals surface area (Å²) in [4.78, 5) is 8.27. The second-order valence-corrected chi connectivity index (χ2v) is 8.75. The lowest BCUT2D eigenvalue weighted by molar-refractivity contribution is 0.144. The molecule has 2 aliphatic rings. The summed E-state index contributed by atoms with van der Waals surface area (Å²) in [5.41, 5.74) is 0. The molecule has 0 bridgehead atoms. The molecular formula is C20H32N4OS. The molecule has 6 heteroatoms. The summed E-state index contributed by atoms with van der Waals surface area (Å²) < 4.78 is 5.56. The molecule has 0 spiro atoms. The van der Waals surface area contributed by atoms with E-state index in [1.165, 1.54) is 30.6 Å². The van der Waals surface area contributed by atoms with Crippen LogP contribution in [0.3, 0.4) is 0 Å². The van der Waals surface area contributed by atoms with Crippen LogP contribution in [0, 0.1) is 0 Å². The van der Waals surface area contributed by atoms with Crippen molar-refractivity contribution < 1.29 is 4.74 Å². The Labute approximate surface area is 162 Å². The van der Waals surface area contributed by atoms with E-state index in [9.17, 15) is 0 Å². The van der Waals surface area contributed by atoms with E-state index in [1.807, 2.05) is 18.8 Å². The highest BCUT2D eigenvalue weighted by Gasteiger charge is 2.43. The zero-order valence-electron chi connectivity index (χ0n) is 16.0. The van der Waals surface area contributed by atoms with Crippen LogP contribution in [0.15, 0.2) is 40.2 Å². The Morgan fingerprint density at radius 1 is 1.23 bits per heavy atom. The highest BCUT2D eigenvalue weighted by molar-refractivity contribution is 8.01. The monoisotopic (exact) mass is 376 g/mol. The van der Waals surface area contributed by atoms with Gasteiger partial charge < -0.3 is 15.4 Å². The number of hydrogen-bond acceptors (Lipinski definition) is 4. The summed E-state index contributed by atoms with van der Waals surface area (Å²) >= 11 is 1.99. The van der Waals surface area contributed by atoms with Crippen LogP contribution < -0.4 is 10.6 Å². The van der Waals surface area contributed by atoms with Crippen molar-refractivity contribution in [3.63, 3.8) is 0 Å². The molecule has 2 saturated carbocycles. The van der Waals surface area contributed by atoms with Gasteiger partial charge in [-0.15, -0.1) is 11.8 Å². The lowest BCUT2D eigenvalue weighted by Gasteiger charge is -2.23. The van der Waals surface area contributed by atoms with E-state index in [2.05, 4.69) is 50.9 Å². The maximum Gasteiger partial charge on any atom is 0.191 e. The predicted molar refractivity (Wildman–Crippen MR) is 110 cm³/mol. The Morgan fingerprint density at radius 2 is 2.00 bits per heavy atom. The molecule has 2 aliphatic carbocycles. The molecule has 0 unspecified atom stereocenters. The Balaban J connectivity index is 1.38. The molecular weight excluding hydrogens is 344 g/mol. The van der Waals surface area contributed by atoms with Gasteiger partial charge in [-0.05, 0) is 37.8 Å². The predicted octanol–water partition coefficient (Wildman–Crippen LogP) is 2.59. The number of benzene rings is 1. The van der Waals surface area contributed by atoms with Gasteiger partial charge in [0.2, 0.25) is 0 Å². The molecule has 1 aromatic rings. The van der Waals surface area contributed by atoms with Crippen LogP contribution >= 0.6 is 11.8 Å². The molecule has 2 N–H and O–H groups in total. The van der Waals surface area contributed by atoms with Gasteiger partial charge in [-0.25, -0.2) is 0 Å². The fraction of sp³-hybridized carbons (Fsp3) is 0.650. The highest BCUT2D eigenvalue weighted by Crippen LogP contribution is 2.51. The maximum atomic E-state index is 5.23. The van der Waals surface area contributed by atoms with Gasteiger partial charge in [0.25, 0.3) is 0 Å². The minimum atomic E-state index is 0.331. The Bertz CT molecular complexity index is 572. The van der Waals surface area contributed by atoms with Gasteiger partial charge >= 0.3 is 0 Å². The summed E-state index contributed by atoms with van der Waals surface area (Å²) in [5, 5.41) is 7.00. The number of ether oxygens (including phenoxy) is 1. The van der Waals surface area contributed by atoms with Crippen LogP contribution in [0.1, 0.15) is 25.7 Å². The number of guanidine groups is 1. The van der Waals surface area contributed by atoms with Gasteiger partial charge in [0, 0.05) is 56.0 Å². The summed E-state index contributed by atoms with van der Waals surface area (Å²) in [7, 11) is 3.62. The van der Waals surface area contributed by atoms with E-state index >= 15 is 0 Å².